The van der Waals surface area contributed by atoms with Gasteiger partial charge >= 0.3 is 6.18 Å². The molecule has 3 aromatic heterocycles. The second kappa shape index (κ2) is 8.08. The minimum atomic E-state index is -4.28. The molecule has 0 radical (unpaired) electrons. The van der Waals surface area contributed by atoms with E-state index < -0.39 is 11.6 Å². The van der Waals surface area contributed by atoms with E-state index in [0.717, 1.165) is 22.0 Å². The third kappa shape index (κ3) is 4.19. The Morgan fingerprint density at radius 1 is 1.06 bits per heavy atom. The first kappa shape index (κ1) is 21.5. The van der Waals surface area contributed by atoms with Crippen LogP contribution in [0.5, 0.6) is 0 Å². The van der Waals surface area contributed by atoms with E-state index in [2.05, 4.69) is 21.1 Å². The van der Waals surface area contributed by atoms with Gasteiger partial charge in [0.15, 0.2) is 0 Å². The van der Waals surface area contributed by atoms with Gasteiger partial charge in [-0.15, -0.1) is 0 Å². The molecule has 0 fully saturated rings. The number of alkyl halides is 3. The van der Waals surface area contributed by atoms with Gasteiger partial charge in [-0.1, -0.05) is 32.0 Å². The molecule has 32 heavy (non-hydrogen) atoms. The van der Waals surface area contributed by atoms with E-state index in [1.807, 2.05) is 30.3 Å². The van der Waals surface area contributed by atoms with Gasteiger partial charge < -0.3 is 0 Å². The average Bonchev–Trinajstić information content (AvgIpc) is 3.25. The van der Waals surface area contributed by atoms with Crippen LogP contribution in [-0.4, -0.2) is 25.9 Å². The first-order valence-electron chi connectivity index (χ1n) is 10.0. The Bertz CT molecular complexity index is 1320. The number of fused-ring (bicyclic) bond motifs is 1. The van der Waals surface area contributed by atoms with Gasteiger partial charge in [0.25, 0.3) is 0 Å². The lowest BCUT2D eigenvalue weighted by molar-refractivity contribution is -0.214. The largest absolute Gasteiger partial charge is 0.394 e. The molecule has 0 N–H and O–H groups in total. The summed E-state index contributed by atoms with van der Waals surface area (Å²) >= 11 is 0. The van der Waals surface area contributed by atoms with E-state index in [9.17, 15) is 18.4 Å². The van der Waals surface area contributed by atoms with Gasteiger partial charge in [-0.2, -0.15) is 23.5 Å². The summed E-state index contributed by atoms with van der Waals surface area (Å²) in [6.45, 7) is 2.51. The number of nitrogens with zero attached hydrogens (tertiary/aromatic N) is 5. The predicted octanol–water partition coefficient (Wildman–Crippen LogP) is 6.01. The Morgan fingerprint density at radius 2 is 1.88 bits per heavy atom. The highest BCUT2D eigenvalue weighted by Crippen LogP contribution is 2.40. The zero-order valence-electron chi connectivity index (χ0n) is 17.6. The molecule has 1 aromatic carbocycles. The lowest BCUT2D eigenvalue weighted by Gasteiger charge is -2.27. The summed E-state index contributed by atoms with van der Waals surface area (Å²) in [6, 6.07) is 15.0. The van der Waals surface area contributed by atoms with Crippen molar-refractivity contribution in [1.29, 1.82) is 5.26 Å². The fourth-order valence-electron chi connectivity index (χ4n) is 3.35. The lowest BCUT2D eigenvalue weighted by Crippen LogP contribution is -2.33. The summed E-state index contributed by atoms with van der Waals surface area (Å²) in [4.78, 5) is 8.88. The van der Waals surface area contributed by atoms with E-state index in [4.69, 9.17) is 0 Å². The number of aryl methyl sites for hydroxylation is 1. The number of aromatic nitrogens is 4. The monoisotopic (exact) mass is 435 g/mol. The molecule has 0 spiro atoms. The quantitative estimate of drug-likeness (QED) is 0.385. The maximum Gasteiger partial charge on any atom is 0.394 e. The van der Waals surface area contributed by atoms with E-state index in [-0.39, 0.29) is 18.7 Å². The zero-order valence-corrected chi connectivity index (χ0v) is 17.6. The van der Waals surface area contributed by atoms with Crippen molar-refractivity contribution in [3.05, 3.63) is 66.7 Å². The standard InChI is InChI=1S/C24H20F3N5/c1-23(2,24(25,26)27)9-11-32-15-18(14-30-32)20-8-7-19(13-28)31-22(20)17-6-5-16-4-3-10-29-21(16)12-17/h3-8,10,12,14-15H,9,11H2,1-2H3. The van der Waals surface area contributed by atoms with Crippen LogP contribution in [0.25, 0.3) is 33.3 Å². The van der Waals surface area contributed by atoms with Gasteiger partial charge in [0.1, 0.15) is 11.8 Å². The van der Waals surface area contributed by atoms with Gasteiger partial charge in [0.05, 0.1) is 22.8 Å². The Labute approximate surface area is 183 Å². The first-order valence-corrected chi connectivity index (χ1v) is 10.0. The molecule has 162 valence electrons. The van der Waals surface area contributed by atoms with Crippen molar-refractivity contribution in [2.45, 2.75) is 33.0 Å². The normalized spacial score (nSPS) is 12.1. The Balaban J connectivity index is 1.70. The zero-order chi connectivity index (χ0) is 22.9. The van der Waals surface area contributed by atoms with Crippen LogP contribution in [0, 0.1) is 16.7 Å². The smallest absolute Gasteiger partial charge is 0.272 e. The molecular weight excluding hydrogens is 415 g/mol. The van der Waals surface area contributed by atoms with E-state index in [1.54, 1.807) is 30.7 Å². The molecule has 4 rings (SSSR count). The molecule has 0 aliphatic carbocycles. The Hall–Kier alpha value is -3.73. The number of hydrogen-bond donors (Lipinski definition) is 0. The molecule has 0 saturated carbocycles. The second-order valence-corrected chi connectivity index (χ2v) is 8.24. The van der Waals surface area contributed by atoms with Crippen molar-refractivity contribution < 1.29 is 13.2 Å². The maximum atomic E-state index is 13.2. The van der Waals surface area contributed by atoms with Crippen molar-refractivity contribution in [1.82, 2.24) is 19.7 Å². The molecule has 0 unspecified atom stereocenters. The van der Waals surface area contributed by atoms with Crippen molar-refractivity contribution in [3.8, 4) is 28.5 Å². The van der Waals surface area contributed by atoms with Crippen molar-refractivity contribution >= 4 is 10.9 Å². The maximum absolute atomic E-state index is 13.2. The number of pyridine rings is 2. The fraction of sp³-hybridized carbons (Fsp3) is 0.250. The molecule has 8 heteroatoms. The second-order valence-electron chi connectivity index (χ2n) is 8.24. The van der Waals surface area contributed by atoms with Gasteiger partial charge in [-0.3, -0.25) is 9.67 Å². The van der Waals surface area contributed by atoms with Crippen molar-refractivity contribution in [3.63, 3.8) is 0 Å². The molecule has 3 heterocycles. The van der Waals surface area contributed by atoms with Gasteiger partial charge in [0.2, 0.25) is 0 Å². The Morgan fingerprint density at radius 3 is 2.62 bits per heavy atom. The third-order valence-electron chi connectivity index (χ3n) is 5.57. The molecule has 5 nitrogen and oxygen atoms in total. The van der Waals surface area contributed by atoms with Crippen LogP contribution in [0.1, 0.15) is 26.0 Å². The van der Waals surface area contributed by atoms with Gasteiger partial charge in [-0.05, 0) is 30.7 Å². The minimum absolute atomic E-state index is 0.0908. The molecule has 4 aromatic rings. The van der Waals surface area contributed by atoms with Crippen LogP contribution in [0.15, 0.2) is 61.1 Å². The van der Waals surface area contributed by atoms with Crippen molar-refractivity contribution in [2.75, 3.05) is 0 Å². The van der Waals surface area contributed by atoms with E-state index in [1.165, 1.54) is 18.5 Å². The summed E-state index contributed by atoms with van der Waals surface area (Å²) in [6.07, 6.45) is 0.646. The van der Waals surface area contributed by atoms with E-state index >= 15 is 0 Å². The number of rotatable bonds is 5. The van der Waals surface area contributed by atoms with Crippen LogP contribution in [0.2, 0.25) is 0 Å². The summed E-state index contributed by atoms with van der Waals surface area (Å²) in [5.74, 6) is 0. The van der Waals surface area contributed by atoms with Gasteiger partial charge in [0, 0.05) is 41.0 Å². The number of nitriles is 1. The van der Waals surface area contributed by atoms with Crippen LogP contribution in [0.4, 0.5) is 13.2 Å². The average molecular weight is 435 g/mol. The SMILES string of the molecule is CC(C)(CCn1cc(-c2ccc(C#N)nc2-c2ccc3cccnc3c2)cn1)C(F)(F)F. The third-order valence-corrected chi connectivity index (χ3v) is 5.57. The molecule has 0 saturated heterocycles. The predicted molar refractivity (Wildman–Crippen MR) is 115 cm³/mol. The molecule has 0 aliphatic rings. The number of halogens is 3. The van der Waals surface area contributed by atoms with Gasteiger partial charge in [-0.25, -0.2) is 4.98 Å². The van der Waals surface area contributed by atoms with Crippen LogP contribution in [-0.2, 0) is 6.54 Å². The summed E-state index contributed by atoms with van der Waals surface area (Å²) < 4.78 is 41.0. The Kier molecular flexibility index (Phi) is 5.43. The topological polar surface area (TPSA) is 67.4 Å². The van der Waals surface area contributed by atoms with Crippen LogP contribution < -0.4 is 0 Å². The molecular formula is C24H20F3N5. The summed E-state index contributed by atoms with van der Waals surface area (Å²) in [7, 11) is 0. The van der Waals surface area contributed by atoms with E-state index in [0.29, 0.717) is 11.3 Å². The van der Waals surface area contributed by atoms with Crippen LogP contribution in [0.3, 0.4) is 0 Å². The summed E-state index contributed by atoms with van der Waals surface area (Å²) in [5, 5.41) is 14.6. The van der Waals surface area contributed by atoms with Crippen molar-refractivity contribution in [2.24, 2.45) is 5.41 Å². The molecule has 0 aliphatic heterocycles. The first-order chi connectivity index (χ1) is 15.2. The highest BCUT2D eigenvalue weighted by molar-refractivity contribution is 5.87. The summed E-state index contributed by atoms with van der Waals surface area (Å²) in [5.41, 5.74) is 2.08. The molecule has 0 atom stereocenters. The molecule has 0 amide bonds. The number of hydrogen-bond acceptors (Lipinski definition) is 4. The lowest BCUT2D eigenvalue weighted by atomic mass is 9.89. The fourth-order valence-corrected chi connectivity index (χ4v) is 3.35. The highest BCUT2D eigenvalue weighted by atomic mass is 19.4. The number of benzene rings is 1. The highest BCUT2D eigenvalue weighted by Gasteiger charge is 2.46. The van der Waals surface area contributed by atoms with Crippen LogP contribution >= 0.6 is 0 Å². The molecule has 0 bridgehead atoms. The minimum Gasteiger partial charge on any atom is -0.272 e.